The number of aryl methyl sites for hydroxylation is 1. The number of hydrogen-bond acceptors (Lipinski definition) is 4. The van der Waals surface area contributed by atoms with Gasteiger partial charge in [-0.2, -0.15) is 0 Å². The second-order valence-electron chi connectivity index (χ2n) is 6.24. The molecule has 2 heterocycles. The molecule has 9 heteroatoms. The second-order valence-corrected chi connectivity index (χ2v) is 7.57. The number of carbonyl (C=O) groups excluding carboxylic acids is 1. The molecule has 0 fully saturated rings. The molecule has 0 aliphatic heterocycles. The third kappa shape index (κ3) is 3.94. The lowest BCUT2D eigenvalue weighted by Crippen LogP contribution is -2.12. The summed E-state index contributed by atoms with van der Waals surface area (Å²) in [5.74, 6) is -0.448. The SMILES string of the molecule is Cn1c(Nc2c(F)cccc2Cl)nc2cc(C(=O)Nc3ccc(Br)cc3)cnc21. The van der Waals surface area contributed by atoms with Gasteiger partial charge in [0.15, 0.2) is 5.65 Å². The number of halogens is 3. The molecular weight excluding hydrogens is 461 g/mol. The minimum absolute atomic E-state index is 0.126. The molecular formula is C20H14BrClFN5O. The number of benzene rings is 2. The fraction of sp³-hybridized carbons (Fsp3) is 0.0500. The van der Waals surface area contributed by atoms with Gasteiger partial charge in [-0.3, -0.25) is 9.36 Å². The summed E-state index contributed by atoms with van der Waals surface area (Å²) in [6.45, 7) is 0. The summed E-state index contributed by atoms with van der Waals surface area (Å²) < 4.78 is 16.6. The van der Waals surface area contributed by atoms with Gasteiger partial charge in [0.1, 0.15) is 11.3 Å². The van der Waals surface area contributed by atoms with E-state index in [2.05, 4.69) is 36.5 Å². The van der Waals surface area contributed by atoms with Crippen LogP contribution in [0.1, 0.15) is 10.4 Å². The molecule has 4 rings (SSSR count). The van der Waals surface area contributed by atoms with E-state index in [1.807, 2.05) is 12.1 Å². The predicted octanol–water partition coefficient (Wildman–Crippen LogP) is 5.52. The maximum absolute atomic E-state index is 14.1. The number of hydrogen-bond donors (Lipinski definition) is 2. The fourth-order valence-corrected chi connectivity index (χ4v) is 3.25. The van der Waals surface area contributed by atoms with Crippen molar-refractivity contribution in [2.45, 2.75) is 0 Å². The molecule has 0 aliphatic rings. The first kappa shape index (κ1) is 19.4. The van der Waals surface area contributed by atoms with Crippen LogP contribution in [0.3, 0.4) is 0 Å². The molecule has 0 radical (unpaired) electrons. The van der Waals surface area contributed by atoms with Crippen LogP contribution in [0.5, 0.6) is 0 Å². The first-order valence-corrected chi connectivity index (χ1v) is 9.70. The smallest absolute Gasteiger partial charge is 0.257 e. The zero-order valence-electron chi connectivity index (χ0n) is 15.1. The predicted molar refractivity (Wildman–Crippen MR) is 115 cm³/mol. The fourth-order valence-electron chi connectivity index (χ4n) is 2.78. The van der Waals surface area contributed by atoms with Gasteiger partial charge in [0.25, 0.3) is 5.91 Å². The topological polar surface area (TPSA) is 71.8 Å². The number of imidazole rings is 1. The number of amides is 1. The highest BCUT2D eigenvalue weighted by atomic mass is 79.9. The Morgan fingerprint density at radius 3 is 2.69 bits per heavy atom. The quantitative estimate of drug-likeness (QED) is 0.408. The summed E-state index contributed by atoms with van der Waals surface area (Å²) in [6.07, 6.45) is 1.47. The number of nitrogens with one attached hydrogen (secondary N) is 2. The van der Waals surface area contributed by atoms with Gasteiger partial charge in [0.05, 0.1) is 16.3 Å². The van der Waals surface area contributed by atoms with E-state index in [1.54, 1.807) is 35.9 Å². The summed E-state index contributed by atoms with van der Waals surface area (Å²) in [7, 11) is 1.74. The molecule has 29 heavy (non-hydrogen) atoms. The molecule has 2 aromatic heterocycles. The maximum atomic E-state index is 14.1. The highest BCUT2D eigenvalue weighted by Gasteiger charge is 2.15. The first-order chi connectivity index (χ1) is 13.9. The Morgan fingerprint density at radius 1 is 1.21 bits per heavy atom. The molecule has 6 nitrogen and oxygen atoms in total. The lowest BCUT2D eigenvalue weighted by Gasteiger charge is -2.08. The molecule has 0 unspecified atom stereocenters. The van der Waals surface area contributed by atoms with Gasteiger partial charge >= 0.3 is 0 Å². The van der Waals surface area contributed by atoms with Crippen LogP contribution >= 0.6 is 27.5 Å². The molecule has 0 atom stereocenters. The number of para-hydroxylation sites is 1. The summed E-state index contributed by atoms with van der Waals surface area (Å²) >= 11 is 9.43. The van der Waals surface area contributed by atoms with Crippen LogP contribution in [-0.4, -0.2) is 20.4 Å². The highest BCUT2D eigenvalue weighted by Crippen LogP contribution is 2.29. The molecule has 4 aromatic rings. The Morgan fingerprint density at radius 2 is 1.97 bits per heavy atom. The molecule has 0 saturated heterocycles. The van der Waals surface area contributed by atoms with Crippen molar-refractivity contribution >= 4 is 61.9 Å². The Labute approximate surface area is 178 Å². The van der Waals surface area contributed by atoms with Crippen molar-refractivity contribution in [1.82, 2.24) is 14.5 Å². The van der Waals surface area contributed by atoms with Gasteiger partial charge in [0, 0.05) is 23.4 Å². The molecule has 0 aliphatic carbocycles. The number of anilines is 3. The van der Waals surface area contributed by atoms with Crippen LogP contribution in [0, 0.1) is 5.82 Å². The Kier molecular flexibility index (Phi) is 5.21. The summed E-state index contributed by atoms with van der Waals surface area (Å²) in [5.41, 5.74) is 2.18. The average molecular weight is 475 g/mol. The number of pyridine rings is 1. The van der Waals surface area contributed by atoms with Gasteiger partial charge in [-0.05, 0) is 42.5 Å². The number of rotatable bonds is 4. The van der Waals surface area contributed by atoms with E-state index in [-0.39, 0.29) is 16.6 Å². The summed E-state index contributed by atoms with van der Waals surface area (Å²) in [4.78, 5) is 21.3. The minimum Gasteiger partial charge on any atom is -0.322 e. The van der Waals surface area contributed by atoms with E-state index in [0.29, 0.717) is 28.4 Å². The largest absolute Gasteiger partial charge is 0.322 e. The minimum atomic E-state index is -0.493. The van der Waals surface area contributed by atoms with Crippen LogP contribution in [0.2, 0.25) is 5.02 Å². The van der Waals surface area contributed by atoms with Gasteiger partial charge < -0.3 is 10.6 Å². The number of nitrogens with zero attached hydrogens (tertiary/aromatic N) is 3. The number of aromatic nitrogens is 3. The van der Waals surface area contributed by atoms with Gasteiger partial charge in [-0.25, -0.2) is 14.4 Å². The molecule has 1 amide bonds. The normalized spacial score (nSPS) is 10.9. The van der Waals surface area contributed by atoms with Crippen LogP contribution in [0.25, 0.3) is 11.2 Å². The number of fused-ring (bicyclic) bond motifs is 1. The summed E-state index contributed by atoms with van der Waals surface area (Å²) in [6, 6.07) is 13.3. The summed E-state index contributed by atoms with van der Waals surface area (Å²) in [5, 5.41) is 5.94. The van der Waals surface area contributed by atoms with Crippen LogP contribution in [-0.2, 0) is 7.05 Å². The Hall–Kier alpha value is -2.97. The van der Waals surface area contributed by atoms with Crippen molar-refractivity contribution < 1.29 is 9.18 Å². The molecule has 0 spiro atoms. The monoisotopic (exact) mass is 473 g/mol. The Bertz CT molecular complexity index is 1210. The van der Waals surface area contributed by atoms with E-state index in [9.17, 15) is 9.18 Å². The van der Waals surface area contributed by atoms with Crippen LogP contribution < -0.4 is 10.6 Å². The first-order valence-electron chi connectivity index (χ1n) is 8.53. The maximum Gasteiger partial charge on any atom is 0.257 e. The van der Waals surface area contributed by atoms with Crippen LogP contribution in [0.15, 0.2) is 59.2 Å². The highest BCUT2D eigenvalue weighted by molar-refractivity contribution is 9.10. The molecule has 2 aromatic carbocycles. The van der Waals surface area contributed by atoms with E-state index < -0.39 is 5.82 Å². The molecule has 0 saturated carbocycles. The average Bonchev–Trinajstić information content (AvgIpc) is 3.01. The molecule has 146 valence electrons. The van der Waals surface area contributed by atoms with Crippen molar-refractivity contribution in [2.75, 3.05) is 10.6 Å². The zero-order chi connectivity index (χ0) is 20.5. The van der Waals surface area contributed by atoms with Crippen molar-refractivity contribution in [3.8, 4) is 0 Å². The number of carbonyl (C=O) groups is 1. The molecule has 0 bridgehead atoms. The van der Waals surface area contributed by atoms with Gasteiger partial charge in [-0.1, -0.05) is 33.6 Å². The third-order valence-corrected chi connectivity index (χ3v) is 5.12. The lowest BCUT2D eigenvalue weighted by molar-refractivity contribution is 0.102. The molecule has 2 N–H and O–H groups in total. The van der Waals surface area contributed by atoms with Crippen molar-refractivity contribution in [3.63, 3.8) is 0 Å². The Balaban J connectivity index is 1.63. The van der Waals surface area contributed by atoms with Crippen molar-refractivity contribution in [3.05, 3.63) is 75.6 Å². The van der Waals surface area contributed by atoms with Crippen molar-refractivity contribution in [1.29, 1.82) is 0 Å². The van der Waals surface area contributed by atoms with Gasteiger partial charge in [-0.15, -0.1) is 0 Å². The van der Waals surface area contributed by atoms with E-state index in [0.717, 1.165) is 4.47 Å². The lowest BCUT2D eigenvalue weighted by atomic mass is 10.2. The zero-order valence-corrected chi connectivity index (χ0v) is 17.4. The van der Waals surface area contributed by atoms with E-state index in [1.165, 1.54) is 18.3 Å². The van der Waals surface area contributed by atoms with E-state index >= 15 is 0 Å². The van der Waals surface area contributed by atoms with Crippen molar-refractivity contribution in [2.24, 2.45) is 7.05 Å². The third-order valence-electron chi connectivity index (χ3n) is 4.27. The van der Waals surface area contributed by atoms with Crippen LogP contribution in [0.4, 0.5) is 21.7 Å². The standard InChI is InChI=1S/C20H14BrClFN5O/c1-28-18-16(26-20(28)27-17-14(22)3-2-4-15(17)23)9-11(10-24-18)19(29)25-13-7-5-12(21)6-8-13/h2-10H,1H3,(H,25,29)(H,26,27). The van der Waals surface area contributed by atoms with E-state index in [4.69, 9.17) is 11.6 Å². The van der Waals surface area contributed by atoms with Gasteiger partial charge in [0.2, 0.25) is 5.95 Å². The second kappa shape index (κ2) is 7.81.